The molecule has 0 bridgehead atoms. The zero-order valence-corrected chi connectivity index (χ0v) is 11.8. The zero-order chi connectivity index (χ0) is 13.5. The summed E-state index contributed by atoms with van der Waals surface area (Å²) < 4.78 is 29.7. The van der Waals surface area contributed by atoms with E-state index >= 15 is 0 Å². The third-order valence-electron chi connectivity index (χ3n) is 3.94. The number of benzene rings is 1. The first-order valence-corrected chi connectivity index (χ1v) is 8.41. The second kappa shape index (κ2) is 4.89. The highest BCUT2D eigenvalue weighted by Crippen LogP contribution is 2.34. The molecule has 0 amide bonds. The van der Waals surface area contributed by atoms with Crippen molar-refractivity contribution >= 4 is 9.84 Å². The zero-order valence-electron chi connectivity index (χ0n) is 11.0. The van der Waals surface area contributed by atoms with Crippen LogP contribution in [0.4, 0.5) is 0 Å². The molecule has 1 saturated heterocycles. The minimum atomic E-state index is -3.11. The molecule has 19 heavy (non-hydrogen) atoms. The van der Waals surface area contributed by atoms with Gasteiger partial charge in [-0.2, -0.15) is 0 Å². The van der Waals surface area contributed by atoms with Crippen LogP contribution in [0, 0.1) is 0 Å². The quantitative estimate of drug-likeness (QED) is 0.896. The van der Waals surface area contributed by atoms with E-state index in [1.54, 1.807) is 12.1 Å². The summed E-state index contributed by atoms with van der Waals surface area (Å²) >= 11 is 0. The van der Waals surface area contributed by atoms with Gasteiger partial charge in [0.2, 0.25) is 0 Å². The smallest absolute Gasteiger partial charge is 0.180 e. The maximum absolute atomic E-state index is 12.1. The number of fused-ring (bicyclic) bond motifs is 1. The summed E-state index contributed by atoms with van der Waals surface area (Å²) in [6.07, 6.45) is 2.14. The lowest BCUT2D eigenvalue weighted by atomic mass is 10.0. The summed E-state index contributed by atoms with van der Waals surface area (Å²) in [6.45, 7) is 2.81. The average Bonchev–Trinajstić information content (AvgIpc) is 2.62. The monoisotopic (exact) mass is 281 g/mol. The van der Waals surface area contributed by atoms with Gasteiger partial charge >= 0.3 is 0 Å². The molecule has 2 aliphatic rings. The molecule has 3 atom stereocenters. The van der Waals surface area contributed by atoms with Gasteiger partial charge < -0.3 is 10.1 Å². The molecular weight excluding hydrogens is 262 g/mol. The molecule has 2 aliphatic heterocycles. The fraction of sp³-hybridized carbons (Fsp3) is 0.571. The Morgan fingerprint density at radius 1 is 1.32 bits per heavy atom. The summed E-state index contributed by atoms with van der Waals surface area (Å²) in [5.74, 6) is 0.179. The summed E-state index contributed by atoms with van der Waals surface area (Å²) in [7, 11) is -3.11. The van der Waals surface area contributed by atoms with Crippen molar-refractivity contribution in [2.45, 2.75) is 42.8 Å². The van der Waals surface area contributed by atoms with E-state index in [0.29, 0.717) is 10.9 Å². The van der Waals surface area contributed by atoms with E-state index in [2.05, 4.69) is 12.2 Å². The SMILES string of the molecule is CC1CC(NC2CS(=O)(=O)c3ccccc32)CCO1. The van der Waals surface area contributed by atoms with Gasteiger partial charge in [0.05, 0.1) is 16.8 Å². The van der Waals surface area contributed by atoms with Crippen LogP contribution >= 0.6 is 0 Å². The number of nitrogens with one attached hydrogen (secondary N) is 1. The van der Waals surface area contributed by atoms with Crippen LogP contribution in [-0.4, -0.2) is 32.9 Å². The second-order valence-electron chi connectivity index (χ2n) is 5.44. The van der Waals surface area contributed by atoms with Crippen molar-refractivity contribution in [3.63, 3.8) is 0 Å². The van der Waals surface area contributed by atoms with Gasteiger partial charge in [-0.3, -0.25) is 0 Å². The van der Waals surface area contributed by atoms with Crippen LogP contribution in [0.25, 0.3) is 0 Å². The first-order valence-electron chi connectivity index (χ1n) is 6.75. The topological polar surface area (TPSA) is 55.4 Å². The lowest BCUT2D eigenvalue weighted by molar-refractivity contribution is 0.0117. The fourth-order valence-corrected chi connectivity index (χ4v) is 4.77. The first kappa shape index (κ1) is 13.1. The molecule has 3 rings (SSSR count). The van der Waals surface area contributed by atoms with Crippen LogP contribution in [-0.2, 0) is 14.6 Å². The second-order valence-corrected chi connectivity index (χ2v) is 7.44. The van der Waals surface area contributed by atoms with Crippen LogP contribution in [0.2, 0.25) is 0 Å². The Hall–Kier alpha value is -0.910. The van der Waals surface area contributed by atoms with E-state index in [1.165, 1.54) is 0 Å². The van der Waals surface area contributed by atoms with E-state index < -0.39 is 9.84 Å². The van der Waals surface area contributed by atoms with E-state index in [-0.39, 0.29) is 17.9 Å². The average molecular weight is 281 g/mol. The summed E-state index contributed by atoms with van der Waals surface area (Å²) in [5, 5.41) is 3.50. The normalized spacial score (nSPS) is 33.0. The van der Waals surface area contributed by atoms with Crippen LogP contribution in [0.15, 0.2) is 29.2 Å². The molecule has 0 spiro atoms. The Morgan fingerprint density at radius 3 is 2.89 bits per heavy atom. The van der Waals surface area contributed by atoms with Gasteiger partial charge in [-0.15, -0.1) is 0 Å². The van der Waals surface area contributed by atoms with Crippen molar-refractivity contribution in [1.82, 2.24) is 5.32 Å². The Kier molecular flexibility index (Phi) is 3.37. The number of ether oxygens (including phenoxy) is 1. The minimum absolute atomic E-state index is 0.0727. The largest absolute Gasteiger partial charge is 0.378 e. The maximum atomic E-state index is 12.1. The van der Waals surface area contributed by atoms with Crippen molar-refractivity contribution in [3.05, 3.63) is 29.8 Å². The molecule has 0 aromatic heterocycles. The van der Waals surface area contributed by atoms with Gasteiger partial charge in [-0.1, -0.05) is 18.2 Å². The van der Waals surface area contributed by atoms with Crippen LogP contribution in [0.3, 0.4) is 0 Å². The van der Waals surface area contributed by atoms with Crippen molar-refractivity contribution in [1.29, 1.82) is 0 Å². The van der Waals surface area contributed by atoms with Gasteiger partial charge in [0.1, 0.15) is 0 Å². The summed E-state index contributed by atoms with van der Waals surface area (Å²) in [6, 6.07) is 7.58. The van der Waals surface area contributed by atoms with Crippen molar-refractivity contribution in [2.75, 3.05) is 12.4 Å². The predicted octanol–water partition coefficient (Wildman–Crippen LogP) is 1.67. The minimum Gasteiger partial charge on any atom is -0.378 e. The standard InChI is InChI=1S/C14H19NO3S/c1-10-8-11(6-7-18-10)15-13-9-19(16,17)14-5-3-2-4-12(13)14/h2-5,10-11,13,15H,6-9H2,1H3. The molecule has 0 aliphatic carbocycles. The van der Waals surface area contributed by atoms with E-state index in [4.69, 9.17) is 4.74 Å². The highest BCUT2D eigenvalue weighted by atomic mass is 32.2. The highest BCUT2D eigenvalue weighted by molar-refractivity contribution is 7.91. The van der Waals surface area contributed by atoms with Gasteiger partial charge in [0.15, 0.2) is 9.84 Å². The fourth-order valence-electron chi connectivity index (χ4n) is 3.02. The molecule has 1 N–H and O–H groups in total. The Labute approximate surface area is 114 Å². The maximum Gasteiger partial charge on any atom is 0.180 e. The molecule has 2 heterocycles. The molecule has 1 aromatic rings. The first-order chi connectivity index (χ1) is 9.06. The summed E-state index contributed by atoms with van der Waals surface area (Å²) in [5.41, 5.74) is 0.918. The number of rotatable bonds is 2. The number of sulfone groups is 1. The van der Waals surface area contributed by atoms with Crippen LogP contribution in [0.1, 0.15) is 31.4 Å². The van der Waals surface area contributed by atoms with Gasteiger partial charge in [-0.25, -0.2) is 8.42 Å². The molecule has 104 valence electrons. The number of hydrogen-bond donors (Lipinski definition) is 1. The van der Waals surface area contributed by atoms with Crippen LogP contribution in [0.5, 0.6) is 0 Å². The van der Waals surface area contributed by atoms with Gasteiger partial charge in [0, 0.05) is 18.7 Å². The molecule has 3 unspecified atom stereocenters. The third-order valence-corrected chi connectivity index (χ3v) is 5.75. The van der Waals surface area contributed by atoms with Crippen LogP contribution < -0.4 is 5.32 Å². The van der Waals surface area contributed by atoms with Crippen molar-refractivity contribution < 1.29 is 13.2 Å². The predicted molar refractivity (Wildman–Crippen MR) is 72.8 cm³/mol. The molecule has 0 radical (unpaired) electrons. The lowest BCUT2D eigenvalue weighted by Crippen LogP contribution is -2.40. The molecule has 0 saturated carbocycles. The summed E-state index contributed by atoms with van der Waals surface area (Å²) in [4.78, 5) is 0.493. The Bertz CT molecular complexity index is 570. The highest BCUT2D eigenvalue weighted by Gasteiger charge is 2.35. The van der Waals surface area contributed by atoms with Gasteiger partial charge in [-0.05, 0) is 31.4 Å². The van der Waals surface area contributed by atoms with Crippen molar-refractivity contribution in [3.8, 4) is 0 Å². The van der Waals surface area contributed by atoms with E-state index in [1.807, 2.05) is 12.1 Å². The molecule has 1 fully saturated rings. The Balaban J connectivity index is 1.80. The lowest BCUT2D eigenvalue weighted by Gasteiger charge is -2.30. The molecule has 4 nitrogen and oxygen atoms in total. The van der Waals surface area contributed by atoms with Crippen molar-refractivity contribution in [2.24, 2.45) is 0 Å². The van der Waals surface area contributed by atoms with Gasteiger partial charge in [0.25, 0.3) is 0 Å². The third kappa shape index (κ3) is 2.55. The van der Waals surface area contributed by atoms with E-state index in [9.17, 15) is 8.42 Å². The van der Waals surface area contributed by atoms with E-state index in [0.717, 1.165) is 25.0 Å². The number of hydrogen-bond acceptors (Lipinski definition) is 4. The molecule has 5 heteroatoms. The molecular formula is C14H19NO3S. The molecule has 1 aromatic carbocycles. The Morgan fingerprint density at radius 2 is 2.11 bits per heavy atom.